The Kier molecular flexibility index (Phi) is 1.44. The van der Waals surface area contributed by atoms with Gasteiger partial charge in [-0.25, -0.2) is 8.78 Å². The second-order valence-corrected chi connectivity index (χ2v) is 2.55. The van der Waals surface area contributed by atoms with Crippen LogP contribution < -0.4 is 5.32 Å². The largest absolute Gasteiger partial charge is 0.316 e. The van der Waals surface area contributed by atoms with E-state index in [4.69, 9.17) is 0 Å². The molecule has 0 aromatic rings. The highest BCUT2D eigenvalue weighted by molar-refractivity contribution is 5.85. The zero-order valence-electron chi connectivity index (χ0n) is 4.73. The third-order valence-electron chi connectivity index (χ3n) is 2.09. The summed E-state index contributed by atoms with van der Waals surface area (Å²) in [6, 6.07) is 0. The Morgan fingerprint density at radius 2 is 1.67 bits per heavy atom. The van der Waals surface area contributed by atoms with Gasteiger partial charge in [-0.05, 0) is 0 Å². The van der Waals surface area contributed by atoms with Gasteiger partial charge in [0.2, 0.25) is 0 Å². The van der Waals surface area contributed by atoms with E-state index in [2.05, 4.69) is 5.32 Å². The van der Waals surface area contributed by atoms with E-state index in [9.17, 15) is 8.78 Å². The Balaban J connectivity index is 0.000000405. The van der Waals surface area contributed by atoms with Crippen molar-refractivity contribution in [3.05, 3.63) is 0 Å². The van der Waals surface area contributed by atoms with Crippen LogP contribution in [0.3, 0.4) is 0 Å². The molecule has 2 fully saturated rings. The predicted molar refractivity (Wildman–Crippen MR) is 32.0 cm³/mol. The fourth-order valence-corrected chi connectivity index (χ4v) is 1.41. The molecule has 4 heteroatoms. The van der Waals surface area contributed by atoms with E-state index in [0.29, 0.717) is 13.1 Å². The molecule has 9 heavy (non-hydrogen) atoms. The van der Waals surface area contributed by atoms with Crippen molar-refractivity contribution < 1.29 is 8.78 Å². The van der Waals surface area contributed by atoms with Gasteiger partial charge in [-0.15, -0.1) is 12.4 Å². The lowest BCUT2D eigenvalue weighted by Crippen LogP contribution is -2.19. The molecule has 1 N–H and O–H groups in total. The van der Waals surface area contributed by atoms with Crippen molar-refractivity contribution in [1.82, 2.24) is 5.32 Å². The summed E-state index contributed by atoms with van der Waals surface area (Å²) >= 11 is 0. The van der Waals surface area contributed by atoms with Crippen molar-refractivity contribution in [2.75, 3.05) is 13.1 Å². The van der Waals surface area contributed by atoms with E-state index in [-0.39, 0.29) is 24.2 Å². The van der Waals surface area contributed by atoms with Crippen LogP contribution in [0.25, 0.3) is 0 Å². The van der Waals surface area contributed by atoms with E-state index in [0.717, 1.165) is 0 Å². The van der Waals surface area contributed by atoms with Crippen molar-refractivity contribution in [2.24, 2.45) is 11.8 Å². The number of hydrogen-bond donors (Lipinski definition) is 1. The van der Waals surface area contributed by atoms with Gasteiger partial charge in [-0.3, -0.25) is 0 Å². The van der Waals surface area contributed by atoms with Crippen LogP contribution in [0.4, 0.5) is 8.78 Å². The lowest BCUT2D eigenvalue weighted by Gasteiger charge is -1.99. The number of alkyl halides is 2. The van der Waals surface area contributed by atoms with Crippen molar-refractivity contribution in [2.45, 2.75) is 5.92 Å². The van der Waals surface area contributed by atoms with E-state index >= 15 is 0 Å². The van der Waals surface area contributed by atoms with Crippen molar-refractivity contribution in [3.8, 4) is 0 Å². The van der Waals surface area contributed by atoms with Crippen LogP contribution in [-0.4, -0.2) is 19.0 Å². The van der Waals surface area contributed by atoms with Crippen LogP contribution in [0.2, 0.25) is 0 Å². The number of halogens is 3. The maximum Gasteiger partial charge on any atom is 0.257 e. The summed E-state index contributed by atoms with van der Waals surface area (Å²) in [6.07, 6.45) is 0. The molecule has 1 aliphatic heterocycles. The maximum atomic E-state index is 12.2. The average molecular weight is 156 g/mol. The quantitative estimate of drug-likeness (QED) is 0.548. The van der Waals surface area contributed by atoms with E-state index in [1.165, 1.54) is 0 Å². The van der Waals surface area contributed by atoms with Crippen molar-refractivity contribution in [1.29, 1.82) is 0 Å². The fourth-order valence-electron chi connectivity index (χ4n) is 1.41. The highest BCUT2D eigenvalue weighted by Gasteiger charge is 2.69. The van der Waals surface area contributed by atoms with E-state index < -0.39 is 5.92 Å². The Hall–Kier alpha value is 0.110. The smallest absolute Gasteiger partial charge is 0.257 e. The molecular formula is C5H8ClF2N. The summed E-state index contributed by atoms with van der Waals surface area (Å²) in [4.78, 5) is 0. The molecule has 0 radical (unpaired) electrons. The minimum atomic E-state index is -2.30. The molecule has 54 valence electrons. The Labute approximate surface area is 58.2 Å². The molecule has 1 heterocycles. The van der Waals surface area contributed by atoms with Gasteiger partial charge in [0, 0.05) is 24.9 Å². The summed E-state index contributed by atoms with van der Waals surface area (Å²) in [7, 11) is 0. The molecule has 0 amide bonds. The predicted octanol–water partition coefficient (Wildman–Crippen LogP) is 0.893. The summed E-state index contributed by atoms with van der Waals surface area (Å²) in [5.41, 5.74) is 0. The molecular weight excluding hydrogens is 148 g/mol. The Morgan fingerprint density at radius 3 is 1.89 bits per heavy atom. The van der Waals surface area contributed by atoms with Crippen LogP contribution in [0.1, 0.15) is 0 Å². The summed E-state index contributed by atoms with van der Waals surface area (Å²) in [5.74, 6) is -2.93. The van der Waals surface area contributed by atoms with E-state index in [1.807, 2.05) is 0 Å². The van der Waals surface area contributed by atoms with Gasteiger partial charge in [-0.2, -0.15) is 0 Å². The van der Waals surface area contributed by atoms with E-state index in [1.54, 1.807) is 0 Å². The third kappa shape index (κ3) is 0.749. The SMILES string of the molecule is Cl.FC1(F)C2CNCC21. The van der Waals surface area contributed by atoms with Crippen LogP contribution in [0, 0.1) is 11.8 Å². The zero-order valence-corrected chi connectivity index (χ0v) is 5.55. The Bertz CT molecular complexity index is 116. The number of fused-ring (bicyclic) bond motifs is 1. The summed E-state index contributed by atoms with van der Waals surface area (Å²) in [6.45, 7) is 1.05. The molecule has 1 nitrogen and oxygen atoms in total. The van der Waals surface area contributed by atoms with Crippen molar-refractivity contribution >= 4 is 12.4 Å². The summed E-state index contributed by atoms with van der Waals surface area (Å²) in [5, 5.41) is 2.90. The molecule has 1 aliphatic carbocycles. The van der Waals surface area contributed by atoms with Gasteiger partial charge in [-0.1, -0.05) is 0 Å². The highest BCUT2D eigenvalue weighted by atomic mass is 35.5. The molecule has 1 saturated carbocycles. The van der Waals surface area contributed by atoms with Crippen molar-refractivity contribution in [3.63, 3.8) is 0 Å². The van der Waals surface area contributed by atoms with Crippen LogP contribution in [0.5, 0.6) is 0 Å². The van der Waals surface area contributed by atoms with Gasteiger partial charge in [0.05, 0.1) is 0 Å². The van der Waals surface area contributed by atoms with Gasteiger partial charge < -0.3 is 5.32 Å². The fraction of sp³-hybridized carbons (Fsp3) is 1.00. The number of hydrogen-bond acceptors (Lipinski definition) is 1. The van der Waals surface area contributed by atoms with Gasteiger partial charge >= 0.3 is 0 Å². The number of nitrogens with one attached hydrogen (secondary N) is 1. The maximum absolute atomic E-state index is 12.2. The first kappa shape index (κ1) is 7.22. The second-order valence-electron chi connectivity index (χ2n) is 2.55. The van der Waals surface area contributed by atoms with Gasteiger partial charge in [0.1, 0.15) is 0 Å². The standard InChI is InChI=1S/C5H7F2N.ClH/c6-5(7)3-1-8-2-4(3)5;/h3-4,8H,1-2H2;1H. The minimum absolute atomic E-state index is 0. The van der Waals surface area contributed by atoms with Crippen LogP contribution in [0.15, 0.2) is 0 Å². The molecule has 0 bridgehead atoms. The lowest BCUT2D eigenvalue weighted by atomic mass is 10.4. The third-order valence-corrected chi connectivity index (χ3v) is 2.09. The topological polar surface area (TPSA) is 12.0 Å². The summed E-state index contributed by atoms with van der Waals surface area (Å²) < 4.78 is 24.4. The van der Waals surface area contributed by atoms with Gasteiger partial charge in [0.15, 0.2) is 0 Å². The first-order chi connectivity index (χ1) is 3.73. The number of piperidine rings is 1. The second kappa shape index (κ2) is 1.80. The monoisotopic (exact) mass is 155 g/mol. The molecule has 2 rings (SSSR count). The normalized spacial score (nSPS) is 43.3. The Morgan fingerprint density at radius 1 is 1.22 bits per heavy atom. The molecule has 1 saturated heterocycles. The van der Waals surface area contributed by atoms with Crippen LogP contribution in [-0.2, 0) is 0 Å². The lowest BCUT2D eigenvalue weighted by molar-refractivity contribution is 0.0763. The average Bonchev–Trinajstić information content (AvgIpc) is 2.22. The van der Waals surface area contributed by atoms with Crippen LogP contribution >= 0.6 is 12.4 Å². The first-order valence-corrected chi connectivity index (χ1v) is 2.81. The molecule has 0 aromatic carbocycles. The molecule has 2 atom stereocenters. The highest BCUT2D eigenvalue weighted by Crippen LogP contribution is 2.56. The number of rotatable bonds is 0. The van der Waals surface area contributed by atoms with Gasteiger partial charge in [0.25, 0.3) is 5.92 Å². The molecule has 0 aromatic heterocycles. The molecule has 0 spiro atoms. The molecule has 2 aliphatic rings. The minimum Gasteiger partial charge on any atom is -0.316 e. The molecule has 2 unspecified atom stereocenters. The first-order valence-electron chi connectivity index (χ1n) is 2.81. The zero-order chi connectivity index (χ0) is 5.78.